The maximum atomic E-state index is 12.1. The minimum atomic E-state index is -4.70. The third kappa shape index (κ3) is 7.76. The molecule has 1 saturated heterocycles. The number of thiocarbonyl (C=S) groups is 1. The van der Waals surface area contributed by atoms with Gasteiger partial charge < -0.3 is 20.1 Å². The van der Waals surface area contributed by atoms with Crippen LogP contribution >= 0.6 is 12.2 Å². The van der Waals surface area contributed by atoms with Gasteiger partial charge in [-0.25, -0.2) is 0 Å². The summed E-state index contributed by atoms with van der Waals surface area (Å²) in [6, 6.07) is 5.39. The van der Waals surface area contributed by atoms with E-state index in [0.717, 1.165) is 19.6 Å². The van der Waals surface area contributed by atoms with Gasteiger partial charge in [-0.05, 0) is 42.4 Å². The molecule has 2 N–H and O–H groups in total. The number of nitrogens with zero attached hydrogens (tertiary/aromatic N) is 1. The molecule has 146 valence electrons. The SMILES string of the molecule is CC(C)CN1CCO[C@@H](CNC(=S)Nc2ccc(OC(F)(F)F)cc2)C1. The molecule has 0 bridgehead atoms. The van der Waals surface area contributed by atoms with Gasteiger partial charge >= 0.3 is 6.36 Å². The van der Waals surface area contributed by atoms with Gasteiger partial charge in [0.05, 0.1) is 12.7 Å². The summed E-state index contributed by atoms with van der Waals surface area (Å²) in [4.78, 5) is 2.37. The zero-order valence-electron chi connectivity index (χ0n) is 14.8. The van der Waals surface area contributed by atoms with E-state index in [1.165, 1.54) is 24.3 Å². The zero-order valence-corrected chi connectivity index (χ0v) is 15.6. The summed E-state index contributed by atoms with van der Waals surface area (Å²) in [5.41, 5.74) is 0.572. The molecule has 1 aliphatic heterocycles. The highest BCUT2D eigenvalue weighted by Crippen LogP contribution is 2.23. The van der Waals surface area contributed by atoms with Crippen molar-refractivity contribution in [2.45, 2.75) is 26.3 Å². The van der Waals surface area contributed by atoms with Crippen molar-refractivity contribution in [2.24, 2.45) is 5.92 Å². The van der Waals surface area contributed by atoms with Crippen LogP contribution in [0.5, 0.6) is 5.75 Å². The van der Waals surface area contributed by atoms with Crippen molar-refractivity contribution in [1.82, 2.24) is 10.2 Å². The molecule has 1 fully saturated rings. The summed E-state index contributed by atoms with van der Waals surface area (Å²) in [5, 5.41) is 6.40. The largest absolute Gasteiger partial charge is 0.573 e. The zero-order chi connectivity index (χ0) is 19.2. The van der Waals surface area contributed by atoms with Gasteiger partial charge in [-0.3, -0.25) is 4.90 Å². The minimum absolute atomic E-state index is 0.0461. The second kappa shape index (κ2) is 9.38. The Kier molecular flexibility index (Phi) is 7.48. The average Bonchev–Trinajstić information content (AvgIpc) is 2.53. The number of rotatable bonds is 6. The second-order valence-corrected chi connectivity index (χ2v) is 6.96. The van der Waals surface area contributed by atoms with E-state index in [1.54, 1.807) is 0 Å². The van der Waals surface area contributed by atoms with E-state index in [1.807, 2.05) is 0 Å². The van der Waals surface area contributed by atoms with Gasteiger partial charge in [-0.2, -0.15) is 0 Å². The van der Waals surface area contributed by atoms with Crippen LogP contribution in [0.25, 0.3) is 0 Å². The van der Waals surface area contributed by atoms with Crippen molar-refractivity contribution in [3.8, 4) is 5.75 Å². The van der Waals surface area contributed by atoms with E-state index in [0.29, 0.717) is 29.9 Å². The molecule has 0 radical (unpaired) electrons. The van der Waals surface area contributed by atoms with Crippen molar-refractivity contribution < 1.29 is 22.6 Å². The summed E-state index contributed by atoms with van der Waals surface area (Å²) >= 11 is 5.22. The van der Waals surface area contributed by atoms with E-state index in [9.17, 15) is 13.2 Å². The smallest absolute Gasteiger partial charge is 0.406 e. The molecule has 1 aromatic rings. The van der Waals surface area contributed by atoms with Crippen LogP contribution in [0, 0.1) is 5.92 Å². The molecule has 0 aromatic heterocycles. The summed E-state index contributed by atoms with van der Waals surface area (Å²) < 4.78 is 46.0. The van der Waals surface area contributed by atoms with Crippen LogP contribution in [-0.2, 0) is 4.74 Å². The van der Waals surface area contributed by atoms with E-state index >= 15 is 0 Å². The van der Waals surface area contributed by atoms with Gasteiger partial charge in [-0.1, -0.05) is 13.8 Å². The van der Waals surface area contributed by atoms with Gasteiger partial charge in [0.15, 0.2) is 5.11 Å². The first-order valence-corrected chi connectivity index (χ1v) is 8.86. The molecule has 1 heterocycles. The first-order chi connectivity index (χ1) is 12.2. The number of morpholine rings is 1. The third-order valence-corrected chi connectivity index (χ3v) is 3.93. The molecular weight excluding hydrogens is 367 g/mol. The van der Waals surface area contributed by atoms with Gasteiger partial charge in [-0.15, -0.1) is 13.2 Å². The molecule has 9 heteroatoms. The fourth-order valence-corrected chi connectivity index (χ4v) is 2.91. The van der Waals surface area contributed by atoms with E-state index < -0.39 is 6.36 Å². The molecule has 1 aliphatic rings. The Morgan fingerprint density at radius 1 is 1.35 bits per heavy atom. The summed E-state index contributed by atoms with van der Waals surface area (Å²) in [6.45, 7) is 8.45. The van der Waals surface area contributed by atoms with E-state index in [2.05, 4.69) is 34.1 Å². The van der Waals surface area contributed by atoms with Crippen LogP contribution < -0.4 is 15.4 Å². The Bertz CT molecular complexity index is 582. The topological polar surface area (TPSA) is 45.8 Å². The monoisotopic (exact) mass is 391 g/mol. The predicted molar refractivity (Wildman–Crippen MR) is 98.4 cm³/mol. The Morgan fingerprint density at radius 2 is 2.04 bits per heavy atom. The fourth-order valence-electron chi connectivity index (χ4n) is 2.71. The van der Waals surface area contributed by atoms with Crippen molar-refractivity contribution in [1.29, 1.82) is 0 Å². The third-order valence-electron chi connectivity index (χ3n) is 3.68. The normalized spacial score (nSPS) is 18.6. The molecule has 0 saturated carbocycles. The molecule has 1 aromatic carbocycles. The Morgan fingerprint density at radius 3 is 2.65 bits per heavy atom. The molecular formula is C17H24F3N3O2S. The second-order valence-electron chi connectivity index (χ2n) is 6.55. The van der Waals surface area contributed by atoms with Gasteiger partial charge in [0, 0.05) is 31.9 Å². The number of halogens is 3. The quantitative estimate of drug-likeness (QED) is 0.726. The molecule has 0 spiro atoms. The summed E-state index contributed by atoms with van der Waals surface area (Å²) in [7, 11) is 0. The van der Waals surface area contributed by atoms with Crippen LogP contribution in [-0.4, -0.2) is 55.3 Å². The lowest BCUT2D eigenvalue weighted by atomic mass is 10.2. The fraction of sp³-hybridized carbons (Fsp3) is 0.588. The molecule has 26 heavy (non-hydrogen) atoms. The molecule has 2 rings (SSSR count). The van der Waals surface area contributed by atoms with E-state index in [4.69, 9.17) is 17.0 Å². The van der Waals surface area contributed by atoms with Crippen molar-refractivity contribution in [2.75, 3.05) is 38.1 Å². The molecule has 5 nitrogen and oxygen atoms in total. The van der Waals surface area contributed by atoms with Crippen LogP contribution in [0.1, 0.15) is 13.8 Å². The lowest BCUT2D eigenvalue weighted by molar-refractivity contribution is -0.274. The molecule has 0 amide bonds. The Balaban J connectivity index is 1.74. The maximum absolute atomic E-state index is 12.1. The highest BCUT2D eigenvalue weighted by molar-refractivity contribution is 7.80. The van der Waals surface area contributed by atoms with Gasteiger partial charge in [0.1, 0.15) is 5.75 Å². The first kappa shape index (κ1) is 20.7. The summed E-state index contributed by atoms with van der Waals surface area (Å²) in [5.74, 6) is 0.330. The number of hydrogen-bond donors (Lipinski definition) is 2. The molecule has 1 atom stereocenters. The first-order valence-electron chi connectivity index (χ1n) is 8.46. The molecule has 0 unspecified atom stereocenters. The van der Waals surface area contributed by atoms with Gasteiger partial charge in [0.25, 0.3) is 0 Å². The number of alkyl halides is 3. The Hall–Kier alpha value is -1.58. The highest BCUT2D eigenvalue weighted by atomic mass is 32.1. The lowest BCUT2D eigenvalue weighted by Crippen LogP contribution is -2.48. The van der Waals surface area contributed by atoms with Crippen LogP contribution in [0.3, 0.4) is 0 Å². The maximum Gasteiger partial charge on any atom is 0.573 e. The predicted octanol–water partition coefficient (Wildman–Crippen LogP) is 3.23. The van der Waals surface area contributed by atoms with Crippen LogP contribution in [0.2, 0.25) is 0 Å². The van der Waals surface area contributed by atoms with Crippen molar-refractivity contribution in [3.63, 3.8) is 0 Å². The standard InChI is InChI=1S/C17H24F3N3O2S/c1-12(2)10-23-7-8-24-15(11-23)9-21-16(26)22-13-3-5-14(6-4-13)25-17(18,19)20/h3-6,12,15H,7-11H2,1-2H3,(H2,21,22,26)/t15-/m0/s1. The minimum Gasteiger partial charge on any atom is -0.406 e. The van der Waals surface area contributed by atoms with Crippen molar-refractivity contribution >= 4 is 23.0 Å². The number of hydrogen-bond acceptors (Lipinski definition) is 4. The van der Waals surface area contributed by atoms with Gasteiger partial charge in [0.2, 0.25) is 0 Å². The number of nitrogens with one attached hydrogen (secondary N) is 2. The Labute approximate surface area is 156 Å². The average molecular weight is 391 g/mol. The van der Waals surface area contributed by atoms with Crippen molar-refractivity contribution in [3.05, 3.63) is 24.3 Å². The van der Waals surface area contributed by atoms with E-state index in [-0.39, 0.29) is 11.9 Å². The van der Waals surface area contributed by atoms with Crippen LogP contribution in [0.15, 0.2) is 24.3 Å². The number of anilines is 1. The molecule has 0 aliphatic carbocycles. The van der Waals surface area contributed by atoms with Crippen LogP contribution in [0.4, 0.5) is 18.9 Å². The highest BCUT2D eigenvalue weighted by Gasteiger charge is 2.31. The number of ether oxygens (including phenoxy) is 2. The summed E-state index contributed by atoms with van der Waals surface area (Å²) in [6.07, 6.45) is -4.65. The lowest BCUT2D eigenvalue weighted by Gasteiger charge is -2.34. The number of benzene rings is 1.